The van der Waals surface area contributed by atoms with E-state index in [9.17, 15) is 4.79 Å². The Kier molecular flexibility index (Phi) is 5.71. The first-order chi connectivity index (χ1) is 16.1. The summed E-state index contributed by atoms with van der Waals surface area (Å²) in [6.45, 7) is 2.40. The van der Waals surface area contributed by atoms with Gasteiger partial charge in [-0.2, -0.15) is 0 Å². The smallest absolute Gasteiger partial charge is 0.251 e. The largest absolute Gasteiger partial charge is 0.345 e. The summed E-state index contributed by atoms with van der Waals surface area (Å²) >= 11 is 6.03. The predicted octanol–water partition coefficient (Wildman–Crippen LogP) is 5.10. The number of rotatable bonds is 6. The number of hydrogen-bond donors (Lipinski definition) is 2. The fraction of sp³-hybridized carbons (Fsp3) is 0.160. The Bertz CT molecular complexity index is 1430. The average molecular weight is 457 g/mol. The van der Waals surface area contributed by atoms with E-state index in [1.54, 1.807) is 12.4 Å². The summed E-state index contributed by atoms with van der Waals surface area (Å²) in [5, 5.41) is 4.54. The summed E-state index contributed by atoms with van der Waals surface area (Å²) < 4.78 is 0. The molecule has 0 atom stereocenters. The van der Waals surface area contributed by atoms with Gasteiger partial charge >= 0.3 is 0 Å². The van der Waals surface area contributed by atoms with Crippen LogP contribution in [0.15, 0.2) is 60.9 Å². The summed E-state index contributed by atoms with van der Waals surface area (Å²) in [4.78, 5) is 34.1. The lowest BCUT2D eigenvalue weighted by Crippen LogP contribution is -2.23. The predicted molar refractivity (Wildman–Crippen MR) is 129 cm³/mol. The number of aryl methyl sites for hydroxylation is 1. The Labute approximate surface area is 195 Å². The van der Waals surface area contributed by atoms with Crippen LogP contribution in [0.25, 0.3) is 33.3 Å². The Balaban J connectivity index is 1.44. The number of nitrogens with one attached hydrogen (secondary N) is 2. The van der Waals surface area contributed by atoms with Crippen LogP contribution in [0, 0.1) is 0 Å². The van der Waals surface area contributed by atoms with E-state index < -0.39 is 0 Å². The van der Waals surface area contributed by atoms with Crippen molar-refractivity contribution in [1.82, 2.24) is 30.2 Å². The van der Waals surface area contributed by atoms with Gasteiger partial charge in [-0.05, 0) is 48.9 Å². The van der Waals surface area contributed by atoms with Gasteiger partial charge in [0.15, 0.2) is 5.82 Å². The molecule has 0 saturated carbocycles. The van der Waals surface area contributed by atoms with Crippen LogP contribution in [-0.4, -0.2) is 30.8 Å². The molecule has 0 spiro atoms. The van der Waals surface area contributed by atoms with Gasteiger partial charge in [0.1, 0.15) is 5.82 Å². The van der Waals surface area contributed by atoms with Crippen molar-refractivity contribution in [2.75, 3.05) is 0 Å². The maximum absolute atomic E-state index is 12.9. The van der Waals surface area contributed by atoms with Crippen molar-refractivity contribution in [1.29, 1.82) is 0 Å². The van der Waals surface area contributed by atoms with Gasteiger partial charge in [0.25, 0.3) is 5.91 Å². The Morgan fingerprint density at radius 3 is 2.67 bits per heavy atom. The van der Waals surface area contributed by atoms with Crippen LogP contribution >= 0.6 is 11.6 Å². The molecule has 164 valence electrons. The van der Waals surface area contributed by atoms with Crippen LogP contribution in [-0.2, 0) is 13.0 Å². The molecule has 8 heteroatoms. The molecule has 1 amide bonds. The van der Waals surface area contributed by atoms with E-state index in [4.69, 9.17) is 21.6 Å². The zero-order valence-corrected chi connectivity index (χ0v) is 18.7. The van der Waals surface area contributed by atoms with Crippen LogP contribution in [0.3, 0.4) is 0 Å². The minimum Gasteiger partial charge on any atom is -0.345 e. The molecular formula is C25H21ClN6O. The summed E-state index contributed by atoms with van der Waals surface area (Å²) in [6, 6.07) is 14.8. The molecule has 5 aromatic rings. The number of aromatic amines is 1. The van der Waals surface area contributed by atoms with E-state index in [0.717, 1.165) is 46.0 Å². The molecule has 33 heavy (non-hydrogen) atoms. The van der Waals surface area contributed by atoms with Crippen LogP contribution in [0.1, 0.15) is 35.2 Å². The molecule has 0 bridgehead atoms. The lowest BCUT2D eigenvalue weighted by Gasteiger charge is -2.10. The molecular weight excluding hydrogens is 436 g/mol. The van der Waals surface area contributed by atoms with Crippen LogP contribution in [0.2, 0.25) is 5.02 Å². The monoisotopic (exact) mass is 456 g/mol. The zero-order chi connectivity index (χ0) is 22.8. The standard InChI is InChI=1S/C25H21ClN6O/c1-2-3-19-18-9-6-16(12-21(18)32-24(31-19)15-4-7-17(26)8-5-15)25(33)28-14-23-29-20-10-11-27-13-22(20)30-23/h4-13H,2-3,14H2,1H3,(H,28,33)(H,29,30). The van der Waals surface area contributed by atoms with Crippen molar-refractivity contribution in [2.24, 2.45) is 0 Å². The Morgan fingerprint density at radius 2 is 1.88 bits per heavy atom. The number of carbonyl (C=O) groups excluding carboxylic acids is 1. The van der Waals surface area contributed by atoms with E-state index in [-0.39, 0.29) is 12.5 Å². The van der Waals surface area contributed by atoms with Gasteiger partial charge in [-0.1, -0.05) is 31.0 Å². The fourth-order valence-corrected chi connectivity index (χ4v) is 3.88. The van der Waals surface area contributed by atoms with Gasteiger partial charge in [0.05, 0.1) is 35.0 Å². The Hall–Kier alpha value is -3.84. The number of pyridine rings is 1. The lowest BCUT2D eigenvalue weighted by molar-refractivity contribution is 0.0950. The number of H-pyrrole nitrogens is 1. The summed E-state index contributed by atoms with van der Waals surface area (Å²) in [7, 11) is 0. The molecule has 2 N–H and O–H groups in total. The van der Waals surface area contributed by atoms with Gasteiger partial charge in [0, 0.05) is 27.7 Å². The summed E-state index contributed by atoms with van der Waals surface area (Å²) in [6.07, 6.45) is 5.18. The first kappa shape index (κ1) is 21.0. The van der Waals surface area contributed by atoms with Gasteiger partial charge in [-0.25, -0.2) is 15.0 Å². The number of fused-ring (bicyclic) bond motifs is 2. The molecule has 2 aromatic carbocycles. The Morgan fingerprint density at radius 1 is 1.03 bits per heavy atom. The second kappa shape index (κ2) is 8.96. The van der Waals surface area contributed by atoms with Crippen molar-refractivity contribution >= 4 is 39.4 Å². The minimum absolute atomic E-state index is 0.195. The van der Waals surface area contributed by atoms with E-state index in [1.807, 2.05) is 48.5 Å². The van der Waals surface area contributed by atoms with Gasteiger partial charge in [-0.3, -0.25) is 9.78 Å². The number of hydrogen-bond acceptors (Lipinski definition) is 5. The molecule has 3 aromatic heterocycles. The van der Waals surface area contributed by atoms with Crippen molar-refractivity contribution in [3.8, 4) is 11.4 Å². The molecule has 0 saturated heterocycles. The molecule has 0 aliphatic rings. The number of nitrogens with zero attached hydrogens (tertiary/aromatic N) is 4. The molecule has 7 nitrogen and oxygen atoms in total. The molecule has 0 radical (unpaired) electrons. The number of imidazole rings is 1. The molecule has 5 rings (SSSR count). The molecule has 0 fully saturated rings. The lowest BCUT2D eigenvalue weighted by atomic mass is 10.1. The van der Waals surface area contributed by atoms with Crippen LogP contribution in [0.5, 0.6) is 0 Å². The van der Waals surface area contributed by atoms with Crippen LogP contribution < -0.4 is 5.32 Å². The first-order valence-electron chi connectivity index (χ1n) is 10.7. The van der Waals surface area contributed by atoms with Crippen molar-refractivity contribution in [3.05, 3.63) is 83.0 Å². The van der Waals surface area contributed by atoms with Crippen molar-refractivity contribution in [3.63, 3.8) is 0 Å². The zero-order valence-electron chi connectivity index (χ0n) is 18.0. The van der Waals surface area contributed by atoms with E-state index in [2.05, 4.69) is 27.2 Å². The number of aromatic nitrogens is 5. The van der Waals surface area contributed by atoms with Gasteiger partial charge < -0.3 is 10.3 Å². The average Bonchev–Trinajstić information content (AvgIpc) is 3.26. The molecule has 0 unspecified atom stereocenters. The number of benzene rings is 2. The summed E-state index contributed by atoms with van der Waals surface area (Å²) in [5.41, 5.74) is 4.77. The second-order valence-electron chi connectivity index (χ2n) is 7.74. The maximum Gasteiger partial charge on any atom is 0.251 e. The number of halogens is 1. The molecule has 0 aliphatic carbocycles. The normalized spacial score (nSPS) is 11.2. The number of amides is 1. The quantitative estimate of drug-likeness (QED) is 0.370. The van der Waals surface area contributed by atoms with Gasteiger partial charge in [0.2, 0.25) is 0 Å². The van der Waals surface area contributed by atoms with Crippen molar-refractivity contribution < 1.29 is 4.79 Å². The third-order valence-electron chi connectivity index (χ3n) is 5.38. The highest BCUT2D eigenvalue weighted by Gasteiger charge is 2.13. The van der Waals surface area contributed by atoms with E-state index >= 15 is 0 Å². The topological polar surface area (TPSA) is 96.5 Å². The van der Waals surface area contributed by atoms with Crippen LogP contribution in [0.4, 0.5) is 0 Å². The molecule has 0 aliphatic heterocycles. The third kappa shape index (κ3) is 4.40. The first-order valence-corrected chi connectivity index (χ1v) is 11.1. The van der Waals surface area contributed by atoms with E-state index in [0.29, 0.717) is 22.2 Å². The SMILES string of the molecule is CCCc1nc(-c2ccc(Cl)cc2)nc2cc(C(=O)NCc3nc4ccncc4[nH]3)ccc12. The summed E-state index contributed by atoms with van der Waals surface area (Å²) in [5.74, 6) is 1.10. The highest BCUT2D eigenvalue weighted by Crippen LogP contribution is 2.25. The molecule has 3 heterocycles. The minimum atomic E-state index is -0.195. The highest BCUT2D eigenvalue weighted by atomic mass is 35.5. The maximum atomic E-state index is 12.9. The van der Waals surface area contributed by atoms with E-state index in [1.165, 1.54) is 0 Å². The number of carbonyl (C=O) groups is 1. The highest BCUT2D eigenvalue weighted by molar-refractivity contribution is 6.30. The third-order valence-corrected chi connectivity index (χ3v) is 5.63. The second-order valence-corrected chi connectivity index (χ2v) is 8.18. The fourth-order valence-electron chi connectivity index (χ4n) is 3.75. The van der Waals surface area contributed by atoms with Gasteiger partial charge in [-0.15, -0.1) is 0 Å². The van der Waals surface area contributed by atoms with Crippen molar-refractivity contribution in [2.45, 2.75) is 26.3 Å².